The fraction of sp³-hybridized carbons (Fsp3) is 0.765. The zero-order chi connectivity index (χ0) is 14.1. The second-order valence-electron chi connectivity index (χ2n) is 6.65. The molecule has 0 bridgehead atoms. The van der Waals surface area contributed by atoms with E-state index in [0.29, 0.717) is 18.1 Å². The number of thiophene rings is 1. The first-order valence-corrected chi connectivity index (χ1v) is 8.91. The van der Waals surface area contributed by atoms with Crippen LogP contribution in [-0.2, 0) is 11.2 Å². The molecule has 3 rings (SSSR count). The third-order valence-electron chi connectivity index (χ3n) is 5.23. The van der Waals surface area contributed by atoms with Gasteiger partial charge in [-0.25, -0.2) is 0 Å². The van der Waals surface area contributed by atoms with E-state index in [0.717, 1.165) is 18.8 Å². The molecule has 112 valence electrons. The van der Waals surface area contributed by atoms with Gasteiger partial charge in [-0.1, -0.05) is 19.8 Å². The summed E-state index contributed by atoms with van der Waals surface area (Å²) in [5.41, 5.74) is 7.90. The van der Waals surface area contributed by atoms with Crippen molar-refractivity contribution in [3.05, 3.63) is 21.4 Å². The summed E-state index contributed by atoms with van der Waals surface area (Å²) in [6.07, 6.45) is 9.21. The summed E-state index contributed by atoms with van der Waals surface area (Å²) < 4.78 is 5.66. The average Bonchev–Trinajstić information content (AvgIpc) is 3.08. The average molecular weight is 293 g/mol. The van der Waals surface area contributed by atoms with Crippen molar-refractivity contribution < 1.29 is 4.74 Å². The van der Waals surface area contributed by atoms with Crippen LogP contribution >= 0.6 is 11.3 Å². The number of methoxy groups -OCH3 is 1. The summed E-state index contributed by atoms with van der Waals surface area (Å²) in [6.45, 7) is 2.35. The van der Waals surface area contributed by atoms with Crippen LogP contribution < -0.4 is 5.73 Å². The van der Waals surface area contributed by atoms with Gasteiger partial charge in [-0.15, -0.1) is 11.3 Å². The van der Waals surface area contributed by atoms with Gasteiger partial charge in [0.25, 0.3) is 0 Å². The predicted molar refractivity (Wildman–Crippen MR) is 85.4 cm³/mol. The third-order valence-corrected chi connectivity index (χ3v) is 6.63. The highest BCUT2D eigenvalue weighted by Crippen LogP contribution is 2.44. The van der Waals surface area contributed by atoms with Crippen LogP contribution in [0.25, 0.3) is 0 Å². The maximum atomic E-state index is 6.45. The van der Waals surface area contributed by atoms with Crippen molar-refractivity contribution in [3.8, 4) is 0 Å². The topological polar surface area (TPSA) is 35.2 Å². The largest absolute Gasteiger partial charge is 0.377 e. The Kier molecular flexibility index (Phi) is 4.49. The van der Waals surface area contributed by atoms with Gasteiger partial charge in [-0.05, 0) is 55.6 Å². The van der Waals surface area contributed by atoms with E-state index in [1.807, 2.05) is 18.4 Å². The molecule has 0 spiro atoms. The van der Waals surface area contributed by atoms with Gasteiger partial charge in [0.15, 0.2) is 0 Å². The highest BCUT2D eigenvalue weighted by molar-refractivity contribution is 7.12. The van der Waals surface area contributed by atoms with Gasteiger partial charge in [-0.2, -0.15) is 0 Å². The van der Waals surface area contributed by atoms with Crippen molar-refractivity contribution in [1.82, 2.24) is 0 Å². The summed E-state index contributed by atoms with van der Waals surface area (Å²) >= 11 is 1.99. The Morgan fingerprint density at radius 2 is 2.05 bits per heavy atom. The minimum absolute atomic E-state index is 0.314. The molecular weight excluding hydrogens is 266 g/mol. The first kappa shape index (κ1) is 14.6. The van der Waals surface area contributed by atoms with E-state index in [9.17, 15) is 0 Å². The lowest BCUT2D eigenvalue weighted by Crippen LogP contribution is -2.30. The zero-order valence-corrected chi connectivity index (χ0v) is 13.5. The molecular formula is C17H27NOS. The quantitative estimate of drug-likeness (QED) is 0.893. The SMILES string of the molecule is COC1CCC(C)c2sc(CC(N)C3CCCC3)cc21. The molecule has 3 unspecified atom stereocenters. The zero-order valence-electron chi connectivity index (χ0n) is 12.7. The fourth-order valence-corrected chi connectivity index (χ4v) is 5.30. The van der Waals surface area contributed by atoms with Gasteiger partial charge < -0.3 is 10.5 Å². The molecule has 1 aromatic heterocycles. The molecule has 2 aliphatic carbocycles. The number of ether oxygens (including phenoxy) is 1. The molecule has 2 nitrogen and oxygen atoms in total. The standard InChI is InChI=1S/C17H27NOS/c1-11-7-8-16(19-2)14-9-13(20-17(11)14)10-15(18)12-5-3-4-6-12/h9,11-12,15-16H,3-8,10,18H2,1-2H3. The van der Waals surface area contributed by atoms with Crippen LogP contribution in [0.4, 0.5) is 0 Å². The molecule has 1 heterocycles. The Morgan fingerprint density at radius 1 is 1.30 bits per heavy atom. The molecule has 0 amide bonds. The first-order valence-electron chi connectivity index (χ1n) is 8.10. The van der Waals surface area contributed by atoms with Gasteiger partial charge >= 0.3 is 0 Å². The van der Waals surface area contributed by atoms with Gasteiger partial charge in [0, 0.05) is 22.9 Å². The van der Waals surface area contributed by atoms with Crippen molar-refractivity contribution in [3.63, 3.8) is 0 Å². The number of hydrogen-bond acceptors (Lipinski definition) is 3. The van der Waals surface area contributed by atoms with Crippen molar-refractivity contribution >= 4 is 11.3 Å². The van der Waals surface area contributed by atoms with Crippen LogP contribution in [0, 0.1) is 5.92 Å². The molecule has 3 atom stereocenters. The predicted octanol–water partition coefficient (Wildman–Crippen LogP) is 4.39. The van der Waals surface area contributed by atoms with Gasteiger partial charge in [0.2, 0.25) is 0 Å². The number of fused-ring (bicyclic) bond motifs is 1. The highest BCUT2D eigenvalue weighted by Gasteiger charge is 2.29. The summed E-state index contributed by atoms with van der Waals surface area (Å²) in [7, 11) is 1.84. The second kappa shape index (κ2) is 6.17. The molecule has 0 aromatic carbocycles. The van der Waals surface area contributed by atoms with Crippen molar-refractivity contribution in [2.75, 3.05) is 7.11 Å². The fourth-order valence-electron chi connectivity index (χ4n) is 3.93. The summed E-state index contributed by atoms with van der Waals surface area (Å²) in [5, 5.41) is 0. The lowest BCUT2D eigenvalue weighted by molar-refractivity contribution is 0.0859. The number of hydrogen-bond donors (Lipinski definition) is 1. The Balaban J connectivity index is 1.74. The minimum atomic E-state index is 0.314. The Bertz CT molecular complexity index is 450. The molecule has 3 heteroatoms. The van der Waals surface area contributed by atoms with Crippen LogP contribution in [0.15, 0.2) is 6.07 Å². The van der Waals surface area contributed by atoms with Crippen LogP contribution in [0.2, 0.25) is 0 Å². The number of nitrogens with two attached hydrogens (primary N) is 1. The van der Waals surface area contributed by atoms with Gasteiger partial charge in [0.05, 0.1) is 6.10 Å². The van der Waals surface area contributed by atoms with Crippen LogP contribution in [0.5, 0.6) is 0 Å². The van der Waals surface area contributed by atoms with E-state index in [2.05, 4.69) is 13.0 Å². The van der Waals surface area contributed by atoms with E-state index >= 15 is 0 Å². The molecule has 2 aliphatic rings. The lowest BCUT2D eigenvalue weighted by atomic mass is 9.88. The third kappa shape index (κ3) is 2.81. The van der Waals surface area contributed by atoms with E-state index in [-0.39, 0.29) is 0 Å². The molecule has 1 aromatic rings. The van der Waals surface area contributed by atoms with Gasteiger partial charge in [0.1, 0.15) is 0 Å². The molecule has 0 saturated heterocycles. The van der Waals surface area contributed by atoms with E-state index in [1.165, 1.54) is 42.5 Å². The van der Waals surface area contributed by atoms with Crippen molar-refractivity contribution in [1.29, 1.82) is 0 Å². The summed E-state index contributed by atoms with van der Waals surface area (Å²) in [4.78, 5) is 3.03. The van der Waals surface area contributed by atoms with Crippen LogP contribution in [0.3, 0.4) is 0 Å². The second-order valence-corrected chi connectivity index (χ2v) is 7.82. The van der Waals surface area contributed by atoms with Crippen molar-refractivity contribution in [2.24, 2.45) is 11.7 Å². The highest BCUT2D eigenvalue weighted by atomic mass is 32.1. The number of rotatable bonds is 4. The summed E-state index contributed by atoms with van der Waals surface area (Å²) in [6, 6.07) is 2.74. The first-order chi connectivity index (χ1) is 9.69. The molecule has 2 N–H and O–H groups in total. The van der Waals surface area contributed by atoms with Gasteiger partial charge in [-0.3, -0.25) is 0 Å². The maximum absolute atomic E-state index is 6.45. The monoisotopic (exact) mass is 293 g/mol. The lowest BCUT2D eigenvalue weighted by Gasteiger charge is -2.25. The Morgan fingerprint density at radius 3 is 2.75 bits per heavy atom. The Labute approximate surface area is 126 Å². The molecule has 1 fully saturated rings. The van der Waals surface area contributed by atoms with Crippen LogP contribution in [0.1, 0.15) is 72.8 Å². The maximum Gasteiger partial charge on any atom is 0.0832 e. The van der Waals surface area contributed by atoms with E-state index in [4.69, 9.17) is 10.5 Å². The molecule has 20 heavy (non-hydrogen) atoms. The minimum Gasteiger partial charge on any atom is -0.377 e. The Hall–Kier alpha value is -0.380. The summed E-state index contributed by atoms with van der Waals surface area (Å²) in [5.74, 6) is 1.45. The van der Waals surface area contributed by atoms with Crippen LogP contribution in [-0.4, -0.2) is 13.2 Å². The van der Waals surface area contributed by atoms with E-state index < -0.39 is 0 Å². The smallest absolute Gasteiger partial charge is 0.0832 e. The normalized spacial score (nSPS) is 28.6. The molecule has 0 radical (unpaired) electrons. The van der Waals surface area contributed by atoms with Crippen molar-refractivity contribution in [2.45, 2.75) is 69.9 Å². The van der Waals surface area contributed by atoms with E-state index in [1.54, 1.807) is 4.88 Å². The molecule has 0 aliphatic heterocycles. The molecule has 1 saturated carbocycles.